The van der Waals surface area contributed by atoms with Crippen LogP contribution in [0.1, 0.15) is 28.4 Å². The molecule has 1 aliphatic carbocycles. The van der Waals surface area contributed by atoms with Crippen molar-refractivity contribution >= 4 is 10.8 Å². The van der Waals surface area contributed by atoms with E-state index in [1.54, 1.807) is 7.11 Å². The molecule has 0 radical (unpaired) electrons. The zero-order chi connectivity index (χ0) is 15.1. The van der Waals surface area contributed by atoms with Crippen molar-refractivity contribution in [1.82, 2.24) is 0 Å². The number of aliphatic hydroxyl groups excluding tert-OH is 1. The summed E-state index contributed by atoms with van der Waals surface area (Å²) in [6.45, 7) is 0. The molecule has 0 saturated heterocycles. The van der Waals surface area contributed by atoms with Crippen molar-refractivity contribution in [3.05, 3.63) is 76.9 Å². The van der Waals surface area contributed by atoms with Gasteiger partial charge in [0.15, 0.2) is 0 Å². The SMILES string of the molecule is COc1ccc(C(O)c2ccc3c4c(cccc24)CC3)cc1. The number of rotatable bonds is 3. The van der Waals surface area contributed by atoms with Gasteiger partial charge in [-0.1, -0.05) is 42.5 Å². The second-order valence-corrected chi connectivity index (χ2v) is 5.83. The van der Waals surface area contributed by atoms with Crippen LogP contribution in [0.5, 0.6) is 5.75 Å². The maximum atomic E-state index is 10.8. The summed E-state index contributed by atoms with van der Waals surface area (Å²) in [6.07, 6.45) is 1.60. The van der Waals surface area contributed by atoms with E-state index in [2.05, 4.69) is 30.3 Å². The van der Waals surface area contributed by atoms with Crippen LogP contribution in [0.15, 0.2) is 54.6 Å². The maximum absolute atomic E-state index is 10.8. The highest BCUT2D eigenvalue weighted by Crippen LogP contribution is 2.36. The summed E-state index contributed by atoms with van der Waals surface area (Å²) in [7, 11) is 1.65. The predicted octanol–water partition coefficient (Wildman–Crippen LogP) is 4.03. The average Bonchev–Trinajstić information content (AvgIpc) is 3.00. The van der Waals surface area contributed by atoms with E-state index in [-0.39, 0.29) is 0 Å². The van der Waals surface area contributed by atoms with Gasteiger partial charge in [-0.2, -0.15) is 0 Å². The first kappa shape index (κ1) is 13.4. The second kappa shape index (κ2) is 5.15. The van der Waals surface area contributed by atoms with Crippen LogP contribution in [-0.4, -0.2) is 12.2 Å². The summed E-state index contributed by atoms with van der Waals surface area (Å²) < 4.78 is 5.18. The van der Waals surface area contributed by atoms with Gasteiger partial charge in [0.1, 0.15) is 11.9 Å². The number of aliphatic hydroxyl groups is 1. The highest BCUT2D eigenvalue weighted by molar-refractivity contribution is 5.93. The Balaban J connectivity index is 1.83. The van der Waals surface area contributed by atoms with E-state index in [1.165, 1.54) is 21.9 Å². The number of hydrogen-bond acceptors (Lipinski definition) is 2. The molecule has 1 N–H and O–H groups in total. The molecular weight excluding hydrogens is 272 g/mol. The zero-order valence-corrected chi connectivity index (χ0v) is 12.5. The molecule has 0 spiro atoms. The van der Waals surface area contributed by atoms with Gasteiger partial charge in [-0.25, -0.2) is 0 Å². The standard InChI is InChI=1S/C20H18O2/c1-22-16-10-7-15(8-11-16)20(21)18-12-9-14-6-5-13-3-2-4-17(18)19(13)14/h2-4,7-12,20-21H,5-6H2,1H3. The van der Waals surface area contributed by atoms with Gasteiger partial charge in [-0.05, 0) is 58.0 Å². The van der Waals surface area contributed by atoms with E-state index in [9.17, 15) is 5.11 Å². The van der Waals surface area contributed by atoms with Crippen LogP contribution in [0.25, 0.3) is 10.8 Å². The lowest BCUT2D eigenvalue weighted by molar-refractivity contribution is 0.222. The normalized spacial score (nSPS) is 14.3. The Labute approximate surface area is 130 Å². The van der Waals surface area contributed by atoms with Gasteiger partial charge < -0.3 is 9.84 Å². The Morgan fingerprint density at radius 2 is 1.64 bits per heavy atom. The first-order chi connectivity index (χ1) is 10.8. The molecule has 1 aliphatic rings. The Bertz CT molecular complexity index is 824. The molecule has 0 aromatic heterocycles. The minimum Gasteiger partial charge on any atom is -0.497 e. The molecule has 110 valence electrons. The minimum absolute atomic E-state index is 0.615. The summed E-state index contributed by atoms with van der Waals surface area (Å²) in [5.74, 6) is 0.802. The highest BCUT2D eigenvalue weighted by atomic mass is 16.5. The molecular formula is C20H18O2. The summed E-state index contributed by atoms with van der Waals surface area (Å²) in [5.41, 5.74) is 4.67. The molecule has 2 nitrogen and oxygen atoms in total. The maximum Gasteiger partial charge on any atom is 0.118 e. The van der Waals surface area contributed by atoms with E-state index in [0.29, 0.717) is 0 Å². The summed E-state index contributed by atoms with van der Waals surface area (Å²) >= 11 is 0. The first-order valence-corrected chi connectivity index (χ1v) is 7.63. The summed E-state index contributed by atoms with van der Waals surface area (Å²) in [6, 6.07) is 18.3. The molecule has 1 atom stereocenters. The van der Waals surface area contributed by atoms with Gasteiger partial charge in [-0.3, -0.25) is 0 Å². The lowest BCUT2D eigenvalue weighted by Crippen LogP contribution is -2.01. The van der Waals surface area contributed by atoms with Crippen LogP contribution in [0.2, 0.25) is 0 Å². The van der Waals surface area contributed by atoms with Crippen molar-refractivity contribution in [3.8, 4) is 5.75 Å². The third-order valence-corrected chi connectivity index (χ3v) is 4.64. The third-order valence-electron chi connectivity index (χ3n) is 4.64. The molecule has 22 heavy (non-hydrogen) atoms. The van der Waals surface area contributed by atoms with E-state index in [0.717, 1.165) is 29.7 Å². The van der Waals surface area contributed by atoms with Crippen LogP contribution >= 0.6 is 0 Å². The van der Waals surface area contributed by atoms with E-state index in [4.69, 9.17) is 4.74 Å². The van der Waals surface area contributed by atoms with Crippen molar-refractivity contribution in [1.29, 1.82) is 0 Å². The van der Waals surface area contributed by atoms with Crippen LogP contribution in [-0.2, 0) is 12.8 Å². The van der Waals surface area contributed by atoms with Crippen molar-refractivity contribution in [2.24, 2.45) is 0 Å². The highest BCUT2D eigenvalue weighted by Gasteiger charge is 2.19. The van der Waals surface area contributed by atoms with E-state index >= 15 is 0 Å². The Hall–Kier alpha value is -2.32. The van der Waals surface area contributed by atoms with E-state index in [1.807, 2.05) is 24.3 Å². The molecule has 3 aromatic carbocycles. The third kappa shape index (κ3) is 1.99. The average molecular weight is 290 g/mol. The molecule has 4 rings (SSSR count). The first-order valence-electron chi connectivity index (χ1n) is 7.63. The van der Waals surface area contributed by atoms with Crippen molar-refractivity contribution < 1.29 is 9.84 Å². The van der Waals surface area contributed by atoms with Gasteiger partial charge in [0.05, 0.1) is 7.11 Å². The van der Waals surface area contributed by atoms with Gasteiger partial charge in [0.2, 0.25) is 0 Å². The number of methoxy groups -OCH3 is 1. The number of hydrogen-bond donors (Lipinski definition) is 1. The smallest absolute Gasteiger partial charge is 0.118 e. The van der Waals surface area contributed by atoms with Gasteiger partial charge in [0.25, 0.3) is 0 Å². The largest absolute Gasteiger partial charge is 0.497 e. The van der Waals surface area contributed by atoms with Crippen LogP contribution in [0.3, 0.4) is 0 Å². The Morgan fingerprint density at radius 1 is 0.909 bits per heavy atom. The molecule has 3 aromatic rings. The molecule has 0 heterocycles. The van der Waals surface area contributed by atoms with Crippen LogP contribution in [0, 0.1) is 0 Å². The predicted molar refractivity (Wildman–Crippen MR) is 88.4 cm³/mol. The fourth-order valence-electron chi connectivity index (χ4n) is 3.47. The topological polar surface area (TPSA) is 29.5 Å². The molecule has 0 fully saturated rings. The summed E-state index contributed by atoms with van der Waals surface area (Å²) in [5, 5.41) is 13.3. The molecule has 0 aliphatic heterocycles. The van der Waals surface area contributed by atoms with Gasteiger partial charge in [0, 0.05) is 0 Å². The fraction of sp³-hybridized carbons (Fsp3) is 0.200. The van der Waals surface area contributed by atoms with Gasteiger partial charge in [-0.15, -0.1) is 0 Å². The summed E-state index contributed by atoms with van der Waals surface area (Å²) in [4.78, 5) is 0. The fourth-order valence-corrected chi connectivity index (χ4v) is 3.47. The lowest BCUT2D eigenvalue weighted by atomic mass is 9.93. The molecule has 1 unspecified atom stereocenters. The zero-order valence-electron chi connectivity index (χ0n) is 12.5. The molecule has 0 saturated carbocycles. The van der Waals surface area contributed by atoms with Gasteiger partial charge >= 0.3 is 0 Å². The number of benzene rings is 3. The second-order valence-electron chi connectivity index (χ2n) is 5.83. The number of ether oxygens (including phenoxy) is 1. The monoisotopic (exact) mass is 290 g/mol. The van der Waals surface area contributed by atoms with Crippen LogP contribution in [0.4, 0.5) is 0 Å². The lowest BCUT2D eigenvalue weighted by Gasteiger charge is -2.16. The molecule has 2 heteroatoms. The van der Waals surface area contributed by atoms with Crippen molar-refractivity contribution in [2.45, 2.75) is 18.9 Å². The minimum atomic E-state index is -0.615. The van der Waals surface area contributed by atoms with Crippen molar-refractivity contribution in [3.63, 3.8) is 0 Å². The number of aryl methyl sites for hydroxylation is 2. The van der Waals surface area contributed by atoms with E-state index < -0.39 is 6.10 Å². The quantitative estimate of drug-likeness (QED) is 0.789. The molecule has 0 amide bonds. The Kier molecular flexibility index (Phi) is 3.12. The van der Waals surface area contributed by atoms with Crippen molar-refractivity contribution in [2.75, 3.05) is 7.11 Å². The Morgan fingerprint density at radius 3 is 2.36 bits per heavy atom. The van der Waals surface area contributed by atoms with Crippen LogP contribution < -0.4 is 4.74 Å². The molecule has 0 bridgehead atoms.